The lowest BCUT2D eigenvalue weighted by molar-refractivity contribution is -0.126. The molecule has 0 aliphatic rings. The molecule has 9 nitrogen and oxygen atoms in total. The Balaban J connectivity index is 2.19. The van der Waals surface area contributed by atoms with Crippen molar-refractivity contribution in [2.24, 2.45) is 10.2 Å². The number of nitrogens with zero attached hydrogens (tertiary/aromatic N) is 2. The Morgan fingerprint density at radius 3 is 2.11 bits per heavy atom. The maximum absolute atomic E-state index is 12.3. The van der Waals surface area contributed by atoms with Crippen LogP contribution in [0.1, 0.15) is 27.6 Å². The minimum absolute atomic E-state index is 0.00913. The van der Waals surface area contributed by atoms with E-state index in [4.69, 9.17) is 10.2 Å². The third-order valence-electron chi connectivity index (χ3n) is 3.45. The molecule has 0 fully saturated rings. The van der Waals surface area contributed by atoms with Crippen LogP contribution in [0.25, 0.3) is 0 Å². The molecule has 2 rings (SSSR count). The highest BCUT2D eigenvalue weighted by Crippen LogP contribution is 2.20. The van der Waals surface area contributed by atoms with Gasteiger partial charge in [0.15, 0.2) is 5.78 Å². The fourth-order valence-corrected chi connectivity index (χ4v) is 2.09. The van der Waals surface area contributed by atoms with Crippen molar-refractivity contribution in [3.05, 3.63) is 59.7 Å². The van der Waals surface area contributed by atoms with Gasteiger partial charge in [-0.1, -0.05) is 12.1 Å². The smallest absolute Gasteiger partial charge is 0.337 e. The lowest BCUT2D eigenvalue weighted by Gasteiger charge is -2.09. The van der Waals surface area contributed by atoms with Gasteiger partial charge in [0.25, 0.3) is 5.91 Å². The first-order valence-electron chi connectivity index (χ1n) is 7.67. The predicted octanol–water partition coefficient (Wildman–Crippen LogP) is 2.76. The molecule has 0 saturated heterocycles. The van der Waals surface area contributed by atoms with Gasteiger partial charge in [0.2, 0.25) is 6.04 Å². The molecule has 0 heterocycles. The molecule has 0 saturated carbocycles. The number of carbonyl (C=O) groups excluding carboxylic acids is 2. The summed E-state index contributed by atoms with van der Waals surface area (Å²) >= 11 is 0. The van der Waals surface area contributed by atoms with Crippen LogP contribution in [0.15, 0.2) is 58.8 Å². The zero-order valence-electron chi connectivity index (χ0n) is 14.1. The van der Waals surface area contributed by atoms with Gasteiger partial charge in [-0.3, -0.25) is 9.59 Å². The number of carbonyl (C=O) groups is 4. The highest BCUT2D eigenvalue weighted by Gasteiger charge is 2.23. The number of carboxylic acid groups (broad SMARTS) is 2. The van der Waals surface area contributed by atoms with Crippen LogP contribution >= 0.6 is 0 Å². The van der Waals surface area contributed by atoms with Crippen LogP contribution in [0.2, 0.25) is 0 Å². The molecule has 138 valence electrons. The van der Waals surface area contributed by atoms with E-state index < -0.39 is 29.7 Å². The van der Waals surface area contributed by atoms with E-state index >= 15 is 0 Å². The van der Waals surface area contributed by atoms with Gasteiger partial charge in [-0.25, -0.2) is 9.59 Å². The minimum Gasteiger partial charge on any atom is -0.478 e. The van der Waals surface area contributed by atoms with Gasteiger partial charge in [-0.15, -0.1) is 0 Å². The van der Waals surface area contributed by atoms with Gasteiger partial charge in [-0.2, -0.15) is 10.2 Å². The molecule has 27 heavy (non-hydrogen) atoms. The highest BCUT2D eigenvalue weighted by molar-refractivity contribution is 6.10. The van der Waals surface area contributed by atoms with Crippen molar-refractivity contribution in [1.29, 1.82) is 0 Å². The molecule has 9 heteroatoms. The number of nitrogens with one attached hydrogen (secondary N) is 1. The van der Waals surface area contributed by atoms with Crippen molar-refractivity contribution in [3.8, 4) is 0 Å². The summed E-state index contributed by atoms with van der Waals surface area (Å²) in [5, 5.41) is 27.8. The highest BCUT2D eigenvalue weighted by atomic mass is 16.4. The van der Waals surface area contributed by atoms with E-state index in [9.17, 15) is 19.2 Å². The van der Waals surface area contributed by atoms with Crippen LogP contribution in [-0.2, 0) is 9.59 Å². The van der Waals surface area contributed by atoms with Crippen molar-refractivity contribution < 1.29 is 29.4 Å². The monoisotopic (exact) mass is 369 g/mol. The van der Waals surface area contributed by atoms with Gasteiger partial charge in [0.1, 0.15) is 0 Å². The maximum atomic E-state index is 12.3. The lowest BCUT2D eigenvalue weighted by atomic mass is 10.1. The molecular weight excluding hydrogens is 354 g/mol. The van der Waals surface area contributed by atoms with Gasteiger partial charge in [-0.05, 0) is 43.3 Å². The Hall–Kier alpha value is -3.88. The van der Waals surface area contributed by atoms with Crippen LogP contribution < -0.4 is 5.32 Å². The largest absolute Gasteiger partial charge is 0.478 e. The molecule has 0 radical (unpaired) electrons. The molecule has 0 aliphatic heterocycles. The average molecular weight is 369 g/mol. The average Bonchev–Trinajstić information content (AvgIpc) is 2.62. The summed E-state index contributed by atoms with van der Waals surface area (Å²) in [5.74, 6) is -3.69. The molecular formula is C18H15N3O6. The molecule has 3 N–H and O–H groups in total. The van der Waals surface area contributed by atoms with Crippen LogP contribution in [0.3, 0.4) is 0 Å². The number of azo groups is 1. The van der Waals surface area contributed by atoms with Crippen molar-refractivity contribution in [3.63, 3.8) is 0 Å². The quantitative estimate of drug-likeness (QED) is 0.505. The number of hydrogen-bond acceptors (Lipinski definition) is 6. The number of anilines is 1. The number of Topliss-reactive ketones (excluding diaryl/α,β-unsaturated/α-hetero) is 1. The summed E-state index contributed by atoms with van der Waals surface area (Å²) in [6.45, 7) is 1.15. The van der Waals surface area contributed by atoms with E-state index in [1.54, 1.807) is 6.07 Å². The topological polar surface area (TPSA) is 145 Å². The standard InChI is InChI=1S/C18H15N3O6/c1-10(22)15(21-20-14-5-3-2-4-13(14)18(26)27)16(23)19-12-8-6-11(7-9-12)17(24)25/h2-9,15H,1H3,(H,19,23)(H,24,25)(H,26,27)/b21-20+. The second-order valence-electron chi connectivity index (χ2n) is 5.42. The number of rotatable bonds is 7. The normalized spacial score (nSPS) is 11.7. The molecule has 1 amide bonds. The maximum Gasteiger partial charge on any atom is 0.337 e. The molecule has 1 unspecified atom stereocenters. The van der Waals surface area contributed by atoms with Crippen LogP contribution in [0, 0.1) is 0 Å². The summed E-state index contributed by atoms with van der Waals surface area (Å²) in [6, 6.07) is 9.63. The van der Waals surface area contributed by atoms with Crippen molar-refractivity contribution in [2.75, 3.05) is 5.32 Å². The van der Waals surface area contributed by atoms with Crippen LogP contribution in [-0.4, -0.2) is 39.9 Å². The summed E-state index contributed by atoms with van der Waals surface area (Å²) in [6.07, 6.45) is 0. The second-order valence-corrected chi connectivity index (χ2v) is 5.42. The number of hydrogen-bond donors (Lipinski definition) is 3. The molecule has 0 aliphatic carbocycles. The first-order valence-corrected chi connectivity index (χ1v) is 7.67. The Labute approximate surface area is 153 Å². The van der Waals surface area contributed by atoms with Gasteiger partial charge in [0.05, 0.1) is 16.8 Å². The Bertz CT molecular complexity index is 921. The van der Waals surface area contributed by atoms with E-state index in [-0.39, 0.29) is 22.5 Å². The van der Waals surface area contributed by atoms with Gasteiger partial charge < -0.3 is 15.5 Å². The third kappa shape index (κ3) is 5.05. The number of ketones is 1. The fraction of sp³-hybridized carbons (Fsp3) is 0.111. The van der Waals surface area contributed by atoms with Crippen molar-refractivity contribution in [2.45, 2.75) is 13.0 Å². The summed E-state index contributed by atoms with van der Waals surface area (Å²) in [5.41, 5.74) is 0.210. The molecule has 0 bridgehead atoms. The Morgan fingerprint density at radius 2 is 1.56 bits per heavy atom. The summed E-state index contributed by atoms with van der Waals surface area (Å²) in [4.78, 5) is 46.0. The molecule has 2 aromatic rings. The van der Waals surface area contributed by atoms with Crippen molar-refractivity contribution in [1.82, 2.24) is 0 Å². The third-order valence-corrected chi connectivity index (χ3v) is 3.45. The van der Waals surface area contributed by atoms with E-state index in [1.807, 2.05) is 0 Å². The summed E-state index contributed by atoms with van der Waals surface area (Å²) < 4.78 is 0. The van der Waals surface area contributed by atoms with Crippen LogP contribution in [0.4, 0.5) is 11.4 Å². The zero-order valence-corrected chi connectivity index (χ0v) is 14.1. The fourth-order valence-electron chi connectivity index (χ4n) is 2.09. The molecule has 0 aromatic heterocycles. The van der Waals surface area contributed by atoms with E-state index in [2.05, 4.69) is 15.5 Å². The Kier molecular flexibility index (Phi) is 6.10. The number of amides is 1. The molecule has 1 atom stereocenters. The predicted molar refractivity (Wildman–Crippen MR) is 94.4 cm³/mol. The number of aromatic carboxylic acids is 2. The van der Waals surface area contributed by atoms with E-state index in [1.165, 1.54) is 42.5 Å². The first-order chi connectivity index (χ1) is 12.8. The number of benzene rings is 2. The first kappa shape index (κ1) is 19.4. The van der Waals surface area contributed by atoms with Crippen LogP contribution in [0.5, 0.6) is 0 Å². The molecule has 2 aromatic carbocycles. The lowest BCUT2D eigenvalue weighted by Crippen LogP contribution is -2.31. The number of carboxylic acids is 2. The second kappa shape index (κ2) is 8.48. The zero-order chi connectivity index (χ0) is 20.0. The van der Waals surface area contributed by atoms with Gasteiger partial charge in [0, 0.05) is 5.69 Å². The summed E-state index contributed by atoms with van der Waals surface area (Å²) in [7, 11) is 0. The van der Waals surface area contributed by atoms with Gasteiger partial charge >= 0.3 is 11.9 Å². The SMILES string of the molecule is CC(=O)C(/N=N/c1ccccc1C(=O)O)C(=O)Nc1ccc(C(=O)O)cc1. The van der Waals surface area contributed by atoms with E-state index in [0.29, 0.717) is 0 Å². The Morgan fingerprint density at radius 1 is 0.926 bits per heavy atom. The minimum atomic E-state index is -1.48. The molecule has 0 spiro atoms. The van der Waals surface area contributed by atoms with E-state index in [0.717, 1.165) is 6.92 Å². The van der Waals surface area contributed by atoms with Crippen molar-refractivity contribution >= 4 is 35.0 Å².